The molecule has 5 atom stereocenters. The van der Waals surface area contributed by atoms with Crippen LogP contribution in [0.3, 0.4) is 0 Å². The predicted molar refractivity (Wildman–Crippen MR) is 257 cm³/mol. The van der Waals surface area contributed by atoms with E-state index in [2.05, 4.69) is 94.9 Å². The molecule has 0 bridgehead atoms. The van der Waals surface area contributed by atoms with Gasteiger partial charge in [-0.1, -0.05) is 191 Å². The summed E-state index contributed by atoms with van der Waals surface area (Å²) >= 11 is 0. The van der Waals surface area contributed by atoms with Crippen LogP contribution in [-0.2, 0) is 34.5 Å². The Balaban J connectivity index is 1.96. The van der Waals surface area contributed by atoms with Gasteiger partial charge in [-0.15, -0.1) is 0 Å². The smallest absolute Gasteiger partial charge is 0.328 e. The third-order valence-electron chi connectivity index (χ3n) is 12.1. The van der Waals surface area contributed by atoms with Crippen LogP contribution in [0.15, 0.2) is 121 Å². The van der Waals surface area contributed by atoms with Gasteiger partial charge >= 0.3 is 5.97 Å². The summed E-state index contributed by atoms with van der Waals surface area (Å²) in [6.07, 6.45) is -1.23. The molecule has 0 aliphatic heterocycles. The molecule has 0 aliphatic rings. The zero-order chi connectivity index (χ0) is 45.9. The maximum absolute atomic E-state index is 15.6. The van der Waals surface area contributed by atoms with Gasteiger partial charge in [0.25, 0.3) is 8.32 Å². The van der Waals surface area contributed by atoms with E-state index in [0.717, 1.165) is 21.5 Å². The van der Waals surface area contributed by atoms with Gasteiger partial charge in [0.15, 0.2) is 8.32 Å². The van der Waals surface area contributed by atoms with Crippen LogP contribution in [-0.4, -0.2) is 65.8 Å². The van der Waals surface area contributed by atoms with Crippen molar-refractivity contribution in [3.63, 3.8) is 0 Å². The van der Waals surface area contributed by atoms with E-state index in [1.54, 1.807) is 0 Å². The molecule has 0 saturated carbocycles. The molecule has 0 heterocycles. The van der Waals surface area contributed by atoms with Gasteiger partial charge in [0.1, 0.15) is 18.1 Å². The Morgan fingerprint density at radius 3 is 1.52 bits per heavy atom. The predicted octanol–water partition coefficient (Wildman–Crippen LogP) is 8.70. The maximum atomic E-state index is 15.6. The summed E-state index contributed by atoms with van der Waals surface area (Å²) in [4.78, 5) is 44.0. The maximum Gasteiger partial charge on any atom is 0.328 e. The second-order valence-electron chi connectivity index (χ2n) is 19.7. The van der Waals surface area contributed by atoms with Gasteiger partial charge in [0, 0.05) is 6.54 Å². The number of ether oxygens (including phenoxy) is 1. The standard InChI is InChI=1S/C51H73N3O6Si2/c1-36(2)34-42(49(57)58-11)53-48(56)44(45(37(3)4)60-62(51(8,9)10,40-30-22-16-23-31-40)41-32-24-17-25-33-41)54-47(55)43(52-35-38-26-18-14-19-27-38)46(39-28-20-15-21-29-39)59-61(12,13)50(5,6)7/h14-33,36-37,42-46,52H,34-35H2,1-13H3,(H,53,56)(H,54,55)/t42-,43-,44-,45+,46+/m0/s1. The van der Waals surface area contributed by atoms with E-state index in [4.69, 9.17) is 13.6 Å². The third-order valence-corrected chi connectivity index (χ3v) is 21.6. The van der Waals surface area contributed by atoms with Crippen LogP contribution in [0.2, 0.25) is 23.2 Å². The third kappa shape index (κ3) is 12.6. The molecule has 3 N–H and O–H groups in total. The monoisotopic (exact) mass is 880 g/mol. The fraction of sp³-hybridized carbons (Fsp3) is 0.471. The van der Waals surface area contributed by atoms with Gasteiger partial charge < -0.3 is 24.2 Å². The second-order valence-corrected chi connectivity index (χ2v) is 28.8. The number of benzene rings is 4. The molecule has 0 saturated heterocycles. The number of methoxy groups -OCH3 is 1. The molecule has 0 aliphatic carbocycles. The second kappa shape index (κ2) is 21.8. The summed E-state index contributed by atoms with van der Waals surface area (Å²) in [7, 11) is -4.50. The lowest BCUT2D eigenvalue weighted by atomic mass is 9.96. The minimum atomic E-state index is -3.30. The summed E-state index contributed by atoms with van der Waals surface area (Å²) in [6.45, 7) is 25.8. The summed E-state index contributed by atoms with van der Waals surface area (Å²) in [5.41, 5.74) is 1.83. The van der Waals surface area contributed by atoms with Crippen molar-refractivity contribution in [1.82, 2.24) is 16.0 Å². The van der Waals surface area contributed by atoms with Crippen molar-refractivity contribution in [2.24, 2.45) is 11.8 Å². The highest BCUT2D eigenvalue weighted by Gasteiger charge is 2.54. The normalized spacial score (nSPS) is 15.0. The molecule has 0 spiro atoms. The van der Waals surface area contributed by atoms with E-state index in [0.29, 0.717) is 13.0 Å². The quantitative estimate of drug-likeness (QED) is 0.0602. The van der Waals surface area contributed by atoms with E-state index >= 15 is 9.59 Å². The van der Waals surface area contributed by atoms with Crippen molar-refractivity contribution in [2.75, 3.05) is 7.11 Å². The van der Waals surface area contributed by atoms with Gasteiger partial charge in [-0.3, -0.25) is 14.9 Å². The Labute approximate surface area is 374 Å². The fourth-order valence-corrected chi connectivity index (χ4v) is 13.8. The first-order valence-corrected chi connectivity index (χ1v) is 26.9. The van der Waals surface area contributed by atoms with Gasteiger partial charge in [-0.2, -0.15) is 0 Å². The molecule has 0 unspecified atom stereocenters. The molecule has 11 heteroatoms. The zero-order valence-electron chi connectivity index (χ0n) is 39.5. The summed E-state index contributed by atoms with van der Waals surface area (Å²) < 4.78 is 20.2. The highest BCUT2D eigenvalue weighted by Crippen LogP contribution is 2.41. The highest BCUT2D eigenvalue weighted by atomic mass is 28.4. The van der Waals surface area contributed by atoms with Crippen LogP contribution < -0.4 is 26.3 Å². The van der Waals surface area contributed by atoms with E-state index in [1.165, 1.54) is 7.11 Å². The lowest BCUT2D eigenvalue weighted by molar-refractivity contribution is -0.146. The van der Waals surface area contributed by atoms with Crippen LogP contribution in [0, 0.1) is 11.8 Å². The first-order chi connectivity index (χ1) is 29.1. The first-order valence-electron chi connectivity index (χ1n) is 22.1. The molecule has 9 nitrogen and oxygen atoms in total. The summed E-state index contributed by atoms with van der Waals surface area (Å²) in [6, 6.07) is 37.1. The number of carbonyl (C=O) groups is 3. The van der Waals surface area contributed by atoms with Crippen molar-refractivity contribution < 1.29 is 28.0 Å². The zero-order valence-corrected chi connectivity index (χ0v) is 41.5. The fourth-order valence-electron chi connectivity index (χ4n) is 7.74. The molecule has 2 amide bonds. The summed E-state index contributed by atoms with van der Waals surface area (Å²) in [5.74, 6) is -1.73. The number of nitrogens with one attached hydrogen (secondary N) is 3. The molecular weight excluding hydrogens is 807 g/mol. The molecule has 0 radical (unpaired) electrons. The van der Waals surface area contributed by atoms with E-state index in [9.17, 15) is 4.79 Å². The lowest BCUT2D eigenvalue weighted by Gasteiger charge is -2.47. The Bertz CT molecular complexity index is 1960. The first kappa shape index (κ1) is 50.3. The molecule has 62 heavy (non-hydrogen) atoms. The summed E-state index contributed by atoms with van der Waals surface area (Å²) in [5, 5.41) is 11.3. The van der Waals surface area contributed by atoms with E-state index in [1.807, 2.05) is 125 Å². The van der Waals surface area contributed by atoms with Crippen LogP contribution in [0.5, 0.6) is 0 Å². The van der Waals surface area contributed by atoms with Crippen molar-refractivity contribution in [3.8, 4) is 0 Å². The van der Waals surface area contributed by atoms with Gasteiger partial charge in [0.2, 0.25) is 11.8 Å². The Kier molecular flexibility index (Phi) is 17.7. The van der Waals surface area contributed by atoms with Gasteiger partial charge in [-0.05, 0) is 62.9 Å². The van der Waals surface area contributed by atoms with Crippen molar-refractivity contribution in [3.05, 3.63) is 132 Å². The molecular formula is C51H73N3O6Si2. The topological polar surface area (TPSA) is 115 Å². The Morgan fingerprint density at radius 1 is 0.613 bits per heavy atom. The number of esters is 1. The largest absolute Gasteiger partial charge is 0.467 e. The van der Waals surface area contributed by atoms with E-state index in [-0.39, 0.29) is 16.9 Å². The Hall–Kier alpha value is -4.40. The minimum Gasteiger partial charge on any atom is -0.467 e. The van der Waals surface area contributed by atoms with Crippen molar-refractivity contribution in [1.29, 1.82) is 0 Å². The number of carbonyl (C=O) groups excluding carboxylic acids is 3. The van der Waals surface area contributed by atoms with Gasteiger partial charge in [-0.25, -0.2) is 4.79 Å². The lowest BCUT2D eigenvalue weighted by Crippen LogP contribution is -2.71. The van der Waals surface area contributed by atoms with Crippen molar-refractivity contribution in [2.45, 2.75) is 136 Å². The minimum absolute atomic E-state index is 0.0624. The molecule has 0 aromatic heterocycles. The number of hydrogen-bond donors (Lipinski definition) is 3. The van der Waals surface area contributed by atoms with Crippen LogP contribution in [0.25, 0.3) is 0 Å². The molecule has 0 fully saturated rings. The average Bonchev–Trinajstić information content (AvgIpc) is 3.22. The van der Waals surface area contributed by atoms with Crippen LogP contribution in [0.1, 0.15) is 92.9 Å². The average molecular weight is 880 g/mol. The van der Waals surface area contributed by atoms with Crippen molar-refractivity contribution >= 4 is 44.8 Å². The number of amides is 2. The molecule has 4 rings (SSSR count). The SMILES string of the molecule is COC(=O)[C@H](CC(C)C)NC(=O)[C@@H](NC(=O)[C@@H](NCc1ccccc1)[C@H](O[Si](C)(C)C(C)(C)C)c1ccccc1)[C@H](O[Si](c1ccccc1)(c1ccccc1)C(C)(C)C)C(C)C. The molecule has 336 valence electrons. The Morgan fingerprint density at radius 2 is 1.08 bits per heavy atom. The molecule has 4 aromatic rings. The van der Waals surface area contributed by atoms with E-state index < -0.39 is 69.8 Å². The van der Waals surface area contributed by atoms with Crippen LogP contribution in [0.4, 0.5) is 0 Å². The number of rotatable bonds is 20. The van der Waals surface area contributed by atoms with Gasteiger partial charge in [0.05, 0.1) is 19.3 Å². The van der Waals surface area contributed by atoms with Crippen LogP contribution >= 0.6 is 0 Å². The number of hydrogen-bond acceptors (Lipinski definition) is 7. The highest BCUT2D eigenvalue weighted by molar-refractivity contribution is 6.99. The molecule has 4 aromatic carbocycles.